The highest BCUT2D eigenvalue weighted by atomic mass is 32.2. The van der Waals surface area contributed by atoms with Crippen LogP contribution in [0.1, 0.15) is 0 Å². The average molecular weight is 280 g/mol. The summed E-state index contributed by atoms with van der Waals surface area (Å²) in [6.45, 7) is 0.649. The highest BCUT2D eigenvalue weighted by Crippen LogP contribution is 2.15. The molecule has 19 heavy (non-hydrogen) atoms. The molecule has 0 spiro atoms. The van der Waals surface area contributed by atoms with E-state index in [1.54, 1.807) is 18.0 Å². The number of methoxy groups -OCH3 is 1. The second kappa shape index (κ2) is 6.89. The third-order valence-electron chi connectivity index (χ3n) is 2.18. The number of hydrogen-bond acceptors (Lipinski definition) is 6. The summed E-state index contributed by atoms with van der Waals surface area (Å²) in [5.41, 5.74) is 0. The summed E-state index contributed by atoms with van der Waals surface area (Å²) in [4.78, 5) is 11.9. The van der Waals surface area contributed by atoms with Gasteiger partial charge in [-0.1, -0.05) is 6.07 Å². The molecule has 0 aliphatic carbocycles. The predicted molar refractivity (Wildman–Crippen MR) is 72.0 cm³/mol. The Hall–Kier alpha value is -1.89. The minimum Gasteiger partial charge on any atom is -0.479 e. The molecular weight excluding hydrogens is 267 g/mol. The fraction of sp³-hybridized carbons (Fsp3) is 0.250. The number of nitrogens with one attached hydrogen (secondary N) is 1. The van der Waals surface area contributed by atoms with Crippen LogP contribution < -0.4 is 10.1 Å². The molecule has 100 valence electrons. The molecule has 2 aromatic rings. The first kappa shape index (κ1) is 13.5. The molecule has 5 nitrogen and oxygen atoms in total. The molecule has 2 heterocycles. The van der Waals surface area contributed by atoms with Crippen LogP contribution in [0.3, 0.4) is 0 Å². The molecule has 0 atom stereocenters. The fourth-order valence-corrected chi connectivity index (χ4v) is 2.05. The number of thioether (sulfide) groups is 1. The second-order valence-corrected chi connectivity index (χ2v) is 4.61. The maximum absolute atomic E-state index is 13.1. The average Bonchev–Trinajstić information content (AvgIpc) is 2.46. The molecule has 0 amide bonds. The Bertz CT molecular complexity index is 526. The van der Waals surface area contributed by atoms with Gasteiger partial charge >= 0.3 is 0 Å². The first-order valence-corrected chi connectivity index (χ1v) is 6.62. The van der Waals surface area contributed by atoms with E-state index >= 15 is 0 Å². The van der Waals surface area contributed by atoms with Gasteiger partial charge in [-0.15, -0.1) is 11.8 Å². The third-order valence-corrected chi connectivity index (χ3v) is 3.12. The van der Waals surface area contributed by atoms with Crippen molar-refractivity contribution in [2.45, 2.75) is 5.03 Å². The lowest BCUT2D eigenvalue weighted by molar-refractivity contribution is 0.368. The van der Waals surface area contributed by atoms with Crippen molar-refractivity contribution < 1.29 is 9.13 Å². The fourth-order valence-electron chi connectivity index (χ4n) is 1.33. The standard InChI is InChI=1S/C12H13FN4OS/c1-18-11-9(13)8-16-12(17-11)15-6-7-19-10-4-2-3-5-14-10/h2-5,8H,6-7H2,1H3,(H,15,16,17). The van der Waals surface area contributed by atoms with Crippen LogP contribution in [0.2, 0.25) is 0 Å². The molecule has 0 aromatic carbocycles. The Morgan fingerprint density at radius 3 is 3.00 bits per heavy atom. The van der Waals surface area contributed by atoms with Gasteiger partial charge in [-0.3, -0.25) is 0 Å². The Balaban J connectivity index is 1.80. The molecular formula is C12H13FN4OS. The third kappa shape index (κ3) is 4.06. The predicted octanol–water partition coefficient (Wildman–Crippen LogP) is 2.22. The van der Waals surface area contributed by atoms with Gasteiger partial charge in [0, 0.05) is 18.5 Å². The summed E-state index contributed by atoms with van der Waals surface area (Å²) in [5, 5.41) is 3.96. The van der Waals surface area contributed by atoms with Crippen LogP contribution in [0.5, 0.6) is 5.88 Å². The molecule has 0 unspecified atom stereocenters. The zero-order chi connectivity index (χ0) is 13.5. The molecule has 0 aliphatic heterocycles. The molecule has 0 saturated carbocycles. The number of halogens is 1. The summed E-state index contributed by atoms with van der Waals surface area (Å²) in [6.07, 6.45) is 2.84. The van der Waals surface area contributed by atoms with E-state index in [-0.39, 0.29) is 5.88 Å². The van der Waals surface area contributed by atoms with Crippen molar-refractivity contribution in [2.75, 3.05) is 24.7 Å². The molecule has 0 fully saturated rings. The van der Waals surface area contributed by atoms with Crippen molar-refractivity contribution in [1.82, 2.24) is 15.0 Å². The SMILES string of the molecule is COc1nc(NCCSc2ccccn2)ncc1F. The highest BCUT2D eigenvalue weighted by Gasteiger charge is 2.06. The van der Waals surface area contributed by atoms with Crippen LogP contribution in [-0.4, -0.2) is 34.4 Å². The van der Waals surface area contributed by atoms with Crippen molar-refractivity contribution in [3.8, 4) is 5.88 Å². The van der Waals surface area contributed by atoms with Gasteiger partial charge in [0.25, 0.3) is 5.88 Å². The van der Waals surface area contributed by atoms with Gasteiger partial charge in [0.1, 0.15) is 0 Å². The van der Waals surface area contributed by atoms with Gasteiger partial charge in [-0.2, -0.15) is 9.37 Å². The van der Waals surface area contributed by atoms with Crippen molar-refractivity contribution in [3.63, 3.8) is 0 Å². The molecule has 0 saturated heterocycles. The Labute approximate surface area is 114 Å². The zero-order valence-electron chi connectivity index (χ0n) is 10.3. The Morgan fingerprint density at radius 1 is 1.37 bits per heavy atom. The lowest BCUT2D eigenvalue weighted by Crippen LogP contribution is -2.08. The summed E-state index contributed by atoms with van der Waals surface area (Å²) in [5.74, 6) is 0.519. The summed E-state index contributed by atoms with van der Waals surface area (Å²) >= 11 is 1.62. The minimum atomic E-state index is -0.573. The first-order valence-electron chi connectivity index (χ1n) is 5.64. The molecule has 2 aromatic heterocycles. The van der Waals surface area contributed by atoms with Gasteiger partial charge < -0.3 is 10.1 Å². The Morgan fingerprint density at radius 2 is 2.26 bits per heavy atom. The monoisotopic (exact) mass is 280 g/mol. The van der Waals surface area contributed by atoms with E-state index in [0.717, 1.165) is 17.0 Å². The number of pyridine rings is 1. The van der Waals surface area contributed by atoms with Gasteiger partial charge in [0.15, 0.2) is 0 Å². The number of rotatable bonds is 6. The summed E-state index contributed by atoms with van der Waals surface area (Å²) in [7, 11) is 1.37. The highest BCUT2D eigenvalue weighted by molar-refractivity contribution is 7.99. The van der Waals surface area contributed by atoms with Crippen molar-refractivity contribution in [2.24, 2.45) is 0 Å². The van der Waals surface area contributed by atoms with Crippen LogP contribution in [0.15, 0.2) is 35.6 Å². The minimum absolute atomic E-state index is 0.0603. The van der Waals surface area contributed by atoms with E-state index < -0.39 is 5.82 Å². The van der Waals surface area contributed by atoms with E-state index in [1.165, 1.54) is 7.11 Å². The van der Waals surface area contributed by atoms with Crippen molar-refractivity contribution >= 4 is 17.7 Å². The van der Waals surface area contributed by atoms with E-state index in [9.17, 15) is 4.39 Å². The lowest BCUT2D eigenvalue weighted by Gasteiger charge is -2.06. The number of ether oxygens (including phenoxy) is 1. The Kier molecular flexibility index (Phi) is 4.91. The molecule has 0 radical (unpaired) electrons. The van der Waals surface area contributed by atoms with E-state index in [1.807, 2.05) is 18.2 Å². The van der Waals surface area contributed by atoms with Crippen LogP contribution in [-0.2, 0) is 0 Å². The molecule has 7 heteroatoms. The van der Waals surface area contributed by atoms with Crippen molar-refractivity contribution in [1.29, 1.82) is 0 Å². The summed E-state index contributed by atoms with van der Waals surface area (Å²) in [6, 6.07) is 5.76. The normalized spacial score (nSPS) is 10.2. The first-order chi connectivity index (χ1) is 9.29. The summed E-state index contributed by atoms with van der Waals surface area (Å²) < 4.78 is 17.9. The quantitative estimate of drug-likeness (QED) is 0.647. The maximum atomic E-state index is 13.1. The smallest absolute Gasteiger partial charge is 0.255 e. The number of aromatic nitrogens is 3. The maximum Gasteiger partial charge on any atom is 0.255 e. The van der Waals surface area contributed by atoms with Gasteiger partial charge in [0.2, 0.25) is 11.8 Å². The number of nitrogens with zero attached hydrogens (tertiary/aromatic N) is 3. The number of hydrogen-bond donors (Lipinski definition) is 1. The molecule has 1 N–H and O–H groups in total. The lowest BCUT2D eigenvalue weighted by atomic mass is 10.5. The van der Waals surface area contributed by atoms with E-state index in [4.69, 9.17) is 4.74 Å². The van der Waals surface area contributed by atoms with Crippen LogP contribution in [0, 0.1) is 5.82 Å². The van der Waals surface area contributed by atoms with E-state index in [0.29, 0.717) is 12.5 Å². The molecule has 2 rings (SSSR count). The second-order valence-electron chi connectivity index (χ2n) is 3.49. The molecule has 0 bridgehead atoms. The zero-order valence-corrected chi connectivity index (χ0v) is 11.2. The van der Waals surface area contributed by atoms with Crippen LogP contribution >= 0.6 is 11.8 Å². The molecule has 0 aliphatic rings. The number of anilines is 1. The van der Waals surface area contributed by atoms with E-state index in [2.05, 4.69) is 20.3 Å². The van der Waals surface area contributed by atoms with Gasteiger partial charge in [0.05, 0.1) is 18.3 Å². The van der Waals surface area contributed by atoms with Gasteiger partial charge in [-0.05, 0) is 12.1 Å². The topological polar surface area (TPSA) is 59.9 Å². The van der Waals surface area contributed by atoms with Crippen LogP contribution in [0.25, 0.3) is 0 Å². The van der Waals surface area contributed by atoms with Crippen LogP contribution in [0.4, 0.5) is 10.3 Å². The van der Waals surface area contributed by atoms with Gasteiger partial charge in [-0.25, -0.2) is 9.97 Å². The van der Waals surface area contributed by atoms with Crippen molar-refractivity contribution in [3.05, 3.63) is 36.4 Å². The largest absolute Gasteiger partial charge is 0.479 e.